The van der Waals surface area contributed by atoms with Crippen molar-refractivity contribution in [1.29, 1.82) is 10.5 Å². The van der Waals surface area contributed by atoms with E-state index in [-0.39, 0.29) is 44.0 Å². The van der Waals surface area contributed by atoms with Gasteiger partial charge in [0.15, 0.2) is 13.0 Å². The summed E-state index contributed by atoms with van der Waals surface area (Å²) in [6.45, 7) is 0. The van der Waals surface area contributed by atoms with Gasteiger partial charge in [-0.1, -0.05) is 39.6 Å². The summed E-state index contributed by atoms with van der Waals surface area (Å²) in [7, 11) is 1.41. The monoisotopic (exact) mass is 475 g/mol. The van der Waals surface area contributed by atoms with Crippen LogP contribution in [0.1, 0.15) is 11.1 Å². The maximum absolute atomic E-state index is 12.3. The molecule has 0 fully saturated rings. The van der Waals surface area contributed by atoms with Crippen molar-refractivity contribution in [3.63, 3.8) is 0 Å². The third-order valence-electron chi connectivity index (χ3n) is 3.96. The zero-order valence-corrected chi connectivity index (χ0v) is 18.0. The van der Waals surface area contributed by atoms with Crippen molar-refractivity contribution in [1.82, 2.24) is 10.3 Å². The third-order valence-corrected chi connectivity index (χ3v) is 5.67. The van der Waals surface area contributed by atoms with Gasteiger partial charge < -0.3 is 20.7 Å². The maximum atomic E-state index is 12.3. The van der Waals surface area contributed by atoms with E-state index < -0.39 is 11.9 Å². The molecule has 0 atom stereocenters. The first kappa shape index (κ1) is 22.2. The molecule has 0 aliphatic heterocycles. The second kappa shape index (κ2) is 9.10. The second-order valence-corrected chi connectivity index (χ2v) is 7.73. The van der Waals surface area contributed by atoms with Gasteiger partial charge in [-0.05, 0) is 18.2 Å². The quantitative estimate of drug-likeness (QED) is 0.413. The maximum Gasteiger partial charge on any atom is 0.266 e. The zero-order chi connectivity index (χ0) is 22.7. The van der Waals surface area contributed by atoms with Crippen LogP contribution in [0.3, 0.4) is 0 Å². The van der Waals surface area contributed by atoms with Crippen LogP contribution in [0.25, 0.3) is 11.3 Å². The van der Waals surface area contributed by atoms with Crippen LogP contribution >= 0.6 is 35.0 Å². The number of anilines is 2. The first-order valence-electron chi connectivity index (χ1n) is 8.31. The first-order valence-corrected chi connectivity index (χ1v) is 10.1. The number of thioether (sulfide) groups is 1. The van der Waals surface area contributed by atoms with Crippen LogP contribution in [0.5, 0.6) is 5.95 Å². The average molecular weight is 476 g/mol. The van der Waals surface area contributed by atoms with Crippen LogP contribution in [0.15, 0.2) is 27.7 Å². The van der Waals surface area contributed by atoms with Gasteiger partial charge in [-0.2, -0.15) is 10.5 Å². The van der Waals surface area contributed by atoms with Gasteiger partial charge in [0, 0.05) is 5.69 Å². The van der Waals surface area contributed by atoms with Gasteiger partial charge in [0.05, 0.1) is 32.2 Å². The summed E-state index contributed by atoms with van der Waals surface area (Å²) in [5.41, 5.74) is 5.84. The summed E-state index contributed by atoms with van der Waals surface area (Å²) in [5, 5.41) is 38.1. The molecule has 156 valence electrons. The number of hydrogen-bond donors (Lipinski definition) is 2. The number of pyridine rings is 1. The number of aryl methyl sites for hydroxylation is 1. The van der Waals surface area contributed by atoms with Gasteiger partial charge in [-0.25, -0.2) is 4.98 Å². The molecule has 3 rings (SSSR count). The predicted octanol–water partition coefficient (Wildman–Crippen LogP) is 2.00. The van der Waals surface area contributed by atoms with E-state index in [0.29, 0.717) is 10.7 Å². The fourth-order valence-electron chi connectivity index (χ4n) is 2.62. The standard InChI is InChI=1S/C18H11Cl2N7O3S/c1-27-15(18(29)30-26-27)14-9(5-21)16(23)25-17(10(14)6-22)31-7-13(28)24-8-2-3-11(19)12(20)4-8/h2-4H,7H2,1H3,(H3-,23,24,25,26,28,29). The summed E-state index contributed by atoms with van der Waals surface area (Å²) in [6, 6.07) is 8.37. The molecule has 10 nitrogen and oxygen atoms in total. The number of rotatable bonds is 5. The molecule has 0 unspecified atom stereocenters. The van der Waals surface area contributed by atoms with Crippen LogP contribution in [0.2, 0.25) is 10.0 Å². The van der Waals surface area contributed by atoms with E-state index in [1.807, 2.05) is 12.1 Å². The minimum Gasteiger partial charge on any atom is -0.539 e. The van der Waals surface area contributed by atoms with Gasteiger partial charge in [-0.15, -0.1) is 0 Å². The minimum atomic E-state index is -0.852. The molecule has 0 saturated heterocycles. The molecule has 13 heteroatoms. The molecule has 0 aliphatic carbocycles. The molecule has 2 heterocycles. The zero-order valence-electron chi connectivity index (χ0n) is 15.6. The number of nitrogen functional groups attached to an aromatic ring is 1. The summed E-state index contributed by atoms with van der Waals surface area (Å²) in [5.74, 6) is -1.62. The Labute approximate surface area is 189 Å². The van der Waals surface area contributed by atoms with Crippen LogP contribution in [-0.4, -0.2) is 21.9 Å². The first-order chi connectivity index (χ1) is 14.8. The number of nitrogens with one attached hydrogen (secondary N) is 1. The van der Waals surface area contributed by atoms with E-state index in [1.165, 1.54) is 19.2 Å². The van der Waals surface area contributed by atoms with Crippen molar-refractivity contribution >= 4 is 52.4 Å². The van der Waals surface area contributed by atoms with E-state index in [4.69, 9.17) is 28.9 Å². The number of nitrogens with two attached hydrogens (primary N) is 1. The van der Waals surface area contributed by atoms with Gasteiger partial charge in [0.2, 0.25) is 5.91 Å². The lowest BCUT2D eigenvalue weighted by Crippen LogP contribution is -2.32. The Bertz CT molecular complexity index is 1260. The summed E-state index contributed by atoms with van der Waals surface area (Å²) >= 11 is 12.7. The molecular weight excluding hydrogens is 465 g/mol. The smallest absolute Gasteiger partial charge is 0.266 e. The van der Waals surface area contributed by atoms with Crippen molar-refractivity contribution in [2.45, 2.75) is 5.03 Å². The Kier molecular flexibility index (Phi) is 6.51. The molecule has 1 aromatic carbocycles. The largest absolute Gasteiger partial charge is 0.539 e. The van der Waals surface area contributed by atoms with Gasteiger partial charge in [0.25, 0.3) is 5.69 Å². The van der Waals surface area contributed by atoms with E-state index in [0.717, 1.165) is 16.4 Å². The highest BCUT2D eigenvalue weighted by atomic mass is 35.5. The molecule has 0 spiro atoms. The SMILES string of the molecule is C[n+]1noc([O-])c1-c1c(C#N)c(N)nc(SCC(=O)Nc2ccc(Cl)c(Cl)c2)c1C#N. The van der Waals surface area contributed by atoms with E-state index >= 15 is 0 Å². The fraction of sp³-hybridized carbons (Fsp3) is 0.111. The van der Waals surface area contributed by atoms with Gasteiger partial charge in [0.1, 0.15) is 28.5 Å². The topological polar surface area (TPSA) is 169 Å². The van der Waals surface area contributed by atoms with E-state index in [1.54, 1.807) is 6.07 Å². The van der Waals surface area contributed by atoms with E-state index in [2.05, 4.69) is 20.1 Å². The van der Waals surface area contributed by atoms with Crippen LogP contribution < -0.4 is 20.8 Å². The number of carbonyl (C=O) groups excluding carboxylic acids is 1. The molecular formula is C18H11Cl2N7O3S. The number of aromatic nitrogens is 3. The number of benzene rings is 1. The Hall–Kier alpha value is -3.51. The van der Waals surface area contributed by atoms with Crippen molar-refractivity contribution in [2.75, 3.05) is 16.8 Å². The summed E-state index contributed by atoms with van der Waals surface area (Å²) in [6.07, 6.45) is 0. The van der Waals surface area contributed by atoms with Crippen LogP contribution in [0, 0.1) is 22.7 Å². The molecule has 0 saturated carbocycles. The number of halogens is 2. The molecule has 0 radical (unpaired) electrons. The molecule has 2 aromatic heterocycles. The van der Waals surface area contributed by atoms with Crippen molar-refractivity contribution in [2.24, 2.45) is 7.05 Å². The average Bonchev–Trinajstić information content (AvgIpc) is 3.06. The summed E-state index contributed by atoms with van der Waals surface area (Å²) in [4.78, 5) is 16.4. The lowest BCUT2D eigenvalue weighted by Gasteiger charge is -2.11. The second-order valence-electron chi connectivity index (χ2n) is 5.95. The third kappa shape index (κ3) is 4.49. The molecule has 1 amide bonds. The Morgan fingerprint density at radius 2 is 2.03 bits per heavy atom. The summed E-state index contributed by atoms with van der Waals surface area (Å²) < 4.78 is 5.68. The van der Waals surface area contributed by atoms with Crippen molar-refractivity contribution in [3.8, 4) is 29.3 Å². The molecule has 0 aliphatic rings. The normalized spacial score (nSPS) is 10.4. The molecule has 3 aromatic rings. The minimum absolute atomic E-state index is 0.0568. The number of carbonyl (C=O) groups is 1. The highest BCUT2D eigenvalue weighted by Crippen LogP contribution is 2.36. The lowest BCUT2D eigenvalue weighted by molar-refractivity contribution is -0.730. The Morgan fingerprint density at radius 3 is 2.61 bits per heavy atom. The molecule has 0 bridgehead atoms. The molecule has 3 N–H and O–H groups in total. The predicted molar refractivity (Wildman–Crippen MR) is 110 cm³/mol. The number of nitrogens with zero attached hydrogens (tertiary/aromatic N) is 5. The number of hydrogen-bond acceptors (Lipinski definition) is 9. The highest BCUT2D eigenvalue weighted by Gasteiger charge is 2.29. The van der Waals surface area contributed by atoms with Crippen molar-refractivity contribution < 1.29 is 19.1 Å². The van der Waals surface area contributed by atoms with Crippen LogP contribution in [-0.2, 0) is 11.8 Å². The van der Waals surface area contributed by atoms with E-state index in [9.17, 15) is 20.4 Å². The highest BCUT2D eigenvalue weighted by molar-refractivity contribution is 8.00. The molecule has 31 heavy (non-hydrogen) atoms. The van der Waals surface area contributed by atoms with Crippen molar-refractivity contribution in [3.05, 3.63) is 39.4 Å². The number of nitriles is 2. The van der Waals surface area contributed by atoms with Gasteiger partial charge >= 0.3 is 0 Å². The Morgan fingerprint density at radius 1 is 1.32 bits per heavy atom. The van der Waals surface area contributed by atoms with Crippen LogP contribution in [0.4, 0.5) is 11.5 Å². The van der Waals surface area contributed by atoms with Gasteiger partial charge in [-0.3, -0.25) is 4.79 Å². The lowest BCUT2D eigenvalue weighted by atomic mass is 10.0. The fourth-order valence-corrected chi connectivity index (χ4v) is 3.72. The number of amides is 1. The Balaban J connectivity index is 1.93.